The number of aryl methyl sites for hydroxylation is 1. The number of rotatable bonds is 12. The summed E-state index contributed by atoms with van der Waals surface area (Å²) in [5.74, 6) is -2.21. The van der Waals surface area contributed by atoms with Crippen LogP contribution in [0.5, 0.6) is 0 Å². The molecule has 2 aromatic rings. The van der Waals surface area contributed by atoms with Crippen molar-refractivity contribution in [3.05, 3.63) is 71.8 Å². The first-order valence-corrected chi connectivity index (χ1v) is 10.5. The number of carbonyl (C=O) groups excluding carboxylic acids is 2. The number of carboxylic acid groups (broad SMARTS) is 1. The molecule has 1 amide bonds. The maximum atomic E-state index is 12.9. The van der Waals surface area contributed by atoms with Crippen LogP contribution in [-0.2, 0) is 25.5 Å². The highest BCUT2D eigenvalue weighted by molar-refractivity contribution is 5.88. The Morgan fingerprint density at radius 3 is 2.31 bits per heavy atom. The lowest BCUT2D eigenvalue weighted by Crippen LogP contribution is -2.51. The number of nitrogens with zero attached hydrogens (tertiary/aromatic N) is 2. The van der Waals surface area contributed by atoms with E-state index in [4.69, 9.17) is 4.74 Å². The lowest BCUT2D eigenvalue weighted by atomic mass is 10.0. The van der Waals surface area contributed by atoms with Crippen molar-refractivity contribution in [3.8, 4) is 0 Å². The predicted molar refractivity (Wildman–Crippen MR) is 121 cm³/mol. The molecule has 2 aromatic carbocycles. The molecule has 8 heteroatoms. The SMILES string of the molecule is CCOC(=O)C(CCc1ccccc1)N[C@@H](C)C(=O)N(CC(=O)O)N=Cc1ccccc1. The van der Waals surface area contributed by atoms with Crippen molar-refractivity contribution in [1.82, 2.24) is 10.3 Å². The summed E-state index contributed by atoms with van der Waals surface area (Å²) in [5, 5.41) is 17.1. The van der Waals surface area contributed by atoms with Crippen LogP contribution in [0.1, 0.15) is 31.4 Å². The Morgan fingerprint density at radius 1 is 1.09 bits per heavy atom. The van der Waals surface area contributed by atoms with Gasteiger partial charge in [-0.15, -0.1) is 0 Å². The third kappa shape index (κ3) is 8.31. The quantitative estimate of drug-likeness (QED) is 0.299. The molecular weight excluding hydrogens is 410 g/mol. The number of benzene rings is 2. The fourth-order valence-electron chi connectivity index (χ4n) is 3.04. The molecule has 0 saturated heterocycles. The summed E-state index contributed by atoms with van der Waals surface area (Å²) in [5.41, 5.74) is 1.78. The standard InChI is InChI=1S/C24H29N3O5/c1-3-32-24(31)21(15-14-19-10-6-4-7-11-19)26-18(2)23(30)27(17-22(28)29)25-16-20-12-8-5-9-13-20/h4-13,16,18,21,26H,3,14-15,17H2,1-2H3,(H,28,29)/t18-,21?/m0/s1. The third-order valence-electron chi connectivity index (χ3n) is 4.64. The van der Waals surface area contributed by atoms with E-state index in [-0.39, 0.29) is 6.61 Å². The predicted octanol–water partition coefficient (Wildman–Crippen LogP) is 2.48. The van der Waals surface area contributed by atoms with Gasteiger partial charge in [0.2, 0.25) is 0 Å². The highest BCUT2D eigenvalue weighted by Crippen LogP contribution is 2.09. The number of ether oxygens (including phenoxy) is 1. The van der Waals surface area contributed by atoms with E-state index in [0.717, 1.165) is 16.1 Å². The van der Waals surface area contributed by atoms with Crippen molar-refractivity contribution in [2.24, 2.45) is 5.10 Å². The van der Waals surface area contributed by atoms with Crippen LogP contribution in [0.25, 0.3) is 0 Å². The van der Waals surface area contributed by atoms with E-state index < -0.39 is 36.5 Å². The molecule has 32 heavy (non-hydrogen) atoms. The van der Waals surface area contributed by atoms with Gasteiger partial charge in [-0.2, -0.15) is 5.10 Å². The average molecular weight is 440 g/mol. The van der Waals surface area contributed by atoms with E-state index in [1.807, 2.05) is 48.5 Å². The highest BCUT2D eigenvalue weighted by Gasteiger charge is 2.28. The molecule has 2 atom stereocenters. The van der Waals surface area contributed by atoms with Gasteiger partial charge in [0.1, 0.15) is 12.6 Å². The number of esters is 1. The second-order valence-electron chi connectivity index (χ2n) is 7.16. The second-order valence-corrected chi connectivity index (χ2v) is 7.16. The van der Waals surface area contributed by atoms with Gasteiger partial charge in [-0.1, -0.05) is 60.7 Å². The first kappa shape index (κ1) is 24.7. The lowest BCUT2D eigenvalue weighted by molar-refractivity contribution is -0.148. The monoisotopic (exact) mass is 439 g/mol. The van der Waals surface area contributed by atoms with Crippen LogP contribution in [-0.4, -0.2) is 59.4 Å². The molecule has 0 radical (unpaired) electrons. The van der Waals surface area contributed by atoms with Gasteiger partial charge >= 0.3 is 11.9 Å². The van der Waals surface area contributed by atoms with Gasteiger partial charge in [0.25, 0.3) is 5.91 Å². The average Bonchev–Trinajstić information content (AvgIpc) is 2.80. The van der Waals surface area contributed by atoms with Gasteiger partial charge < -0.3 is 9.84 Å². The van der Waals surface area contributed by atoms with Crippen LogP contribution < -0.4 is 5.32 Å². The molecule has 2 rings (SSSR count). The van der Waals surface area contributed by atoms with Crippen LogP contribution in [0, 0.1) is 0 Å². The largest absolute Gasteiger partial charge is 0.480 e. The van der Waals surface area contributed by atoms with Crippen LogP contribution in [0.15, 0.2) is 65.8 Å². The van der Waals surface area contributed by atoms with E-state index >= 15 is 0 Å². The molecule has 0 aromatic heterocycles. The number of aliphatic carboxylic acids is 1. The first-order chi connectivity index (χ1) is 15.4. The molecule has 0 heterocycles. The number of hydrazone groups is 1. The Labute approximate surface area is 187 Å². The normalized spacial score (nSPS) is 12.8. The summed E-state index contributed by atoms with van der Waals surface area (Å²) in [6.07, 6.45) is 2.46. The van der Waals surface area contributed by atoms with E-state index in [0.29, 0.717) is 12.8 Å². The fourth-order valence-corrected chi connectivity index (χ4v) is 3.04. The zero-order valence-corrected chi connectivity index (χ0v) is 18.3. The zero-order chi connectivity index (χ0) is 23.3. The van der Waals surface area contributed by atoms with Crippen molar-refractivity contribution >= 4 is 24.1 Å². The Balaban J connectivity index is 2.10. The maximum Gasteiger partial charge on any atom is 0.325 e. The minimum Gasteiger partial charge on any atom is -0.480 e. The summed E-state index contributed by atoms with van der Waals surface area (Å²) in [6, 6.07) is 17.1. The topological polar surface area (TPSA) is 108 Å². The Kier molecular flexibility index (Phi) is 10.1. The molecule has 8 nitrogen and oxygen atoms in total. The molecule has 0 saturated carbocycles. The summed E-state index contributed by atoms with van der Waals surface area (Å²) >= 11 is 0. The number of nitrogens with one attached hydrogen (secondary N) is 1. The summed E-state index contributed by atoms with van der Waals surface area (Å²) in [4.78, 5) is 36.6. The van der Waals surface area contributed by atoms with Gasteiger partial charge in [0, 0.05) is 0 Å². The Bertz CT molecular complexity index is 902. The van der Waals surface area contributed by atoms with Gasteiger partial charge in [0.05, 0.1) is 18.9 Å². The van der Waals surface area contributed by atoms with Gasteiger partial charge in [-0.3, -0.25) is 19.7 Å². The van der Waals surface area contributed by atoms with E-state index in [1.54, 1.807) is 26.0 Å². The van der Waals surface area contributed by atoms with Gasteiger partial charge in [-0.05, 0) is 37.8 Å². The van der Waals surface area contributed by atoms with Crippen LogP contribution in [0.4, 0.5) is 0 Å². The van der Waals surface area contributed by atoms with Crippen molar-refractivity contribution in [3.63, 3.8) is 0 Å². The number of hydrogen-bond acceptors (Lipinski definition) is 6. The summed E-state index contributed by atoms with van der Waals surface area (Å²) in [7, 11) is 0. The first-order valence-electron chi connectivity index (χ1n) is 10.5. The van der Waals surface area contributed by atoms with E-state index in [9.17, 15) is 19.5 Å². The smallest absolute Gasteiger partial charge is 0.325 e. The molecule has 2 N–H and O–H groups in total. The second kappa shape index (κ2) is 13.0. The molecular formula is C24H29N3O5. The fraction of sp³-hybridized carbons (Fsp3) is 0.333. The molecule has 0 spiro atoms. The summed E-state index contributed by atoms with van der Waals surface area (Å²) in [6.45, 7) is 2.91. The van der Waals surface area contributed by atoms with Crippen molar-refractivity contribution in [1.29, 1.82) is 0 Å². The number of hydrogen-bond donors (Lipinski definition) is 2. The number of amides is 1. The zero-order valence-electron chi connectivity index (χ0n) is 18.3. The van der Waals surface area contributed by atoms with Crippen molar-refractivity contribution < 1.29 is 24.2 Å². The highest BCUT2D eigenvalue weighted by atomic mass is 16.5. The van der Waals surface area contributed by atoms with E-state index in [1.165, 1.54) is 6.21 Å². The van der Waals surface area contributed by atoms with Crippen LogP contribution in [0.2, 0.25) is 0 Å². The molecule has 0 aliphatic heterocycles. The van der Waals surface area contributed by atoms with Crippen LogP contribution >= 0.6 is 0 Å². The minimum atomic E-state index is -1.19. The molecule has 0 aliphatic carbocycles. The number of carboxylic acids is 1. The molecule has 0 bridgehead atoms. The lowest BCUT2D eigenvalue weighted by Gasteiger charge is -2.24. The Hall–Kier alpha value is -3.52. The number of carbonyl (C=O) groups is 3. The minimum absolute atomic E-state index is 0.219. The third-order valence-corrected chi connectivity index (χ3v) is 4.64. The van der Waals surface area contributed by atoms with Crippen molar-refractivity contribution in [2.75, 3.05) is 13.2 Å². The van der Waals surface area contributed by atoms with Crippen molar-refractivity contribution in [2.45, 2.75) is 38.8 Å². The van der Waals surface area contributed by atoms with Crippen LogP contribution in [0.3, 0.4) is 0 Å². The molecule has 170 valence electrons. The van der Waals surface area contributed by atoms with Gasteiger partial charge in [-0.25, -0.2) is 5.01 Å². The van der Waals surface area contributed by atoms with E-state index in [2.05, 4.69) is 10.4 Å². The summed E-state index contributed by atoms with van der Waals surface area (Å²) < 4.78 is 5.15. The Morgan fingerprint density at radius 2 is 1.72 bits per heavy atom. The maximum absolute atomic E-state index is 12.9. The molecule has 1 unspecified atom stereocenters. The molecule has 0 fully saturated rings. The molecule has 0 aliphatic rings. The van der Waals surface area contributed by atoms with Gasteiger partial charge in [0.15, 0.2) is 0 Å².